The summed E-state index contributed by atoms with van der Waals surface area (Å²) in [6.45, 7) is 0. The SMILES string of the molecule is O=S(=O)([O-])C(F)(F)F.c1ccc([P+](c2ccccc2)(c2ccccc2)c2ccnc3ccccc23)cc1. The van der Waals surface area contributed by atoms with Crippen LogP contribution in [0.15, 0.2) is 128 Å². The van der Waals surface area contributed by atoms with Crippen molar-refractivity contribution in [3.8, 4) is 0 Å². The van der Waals surface area contributed by atoms with Crippen LogP contribution in [0, 0.1) is 0 Å². The predicted molar refractivity (Wildman–Crippen MR) is 142 cm³/mol. The highest BCUT2D eigenvalue weighted by molar-refractivity contribution is 8.01. The van der Waals surface area contributed by atoms with E-state index in [0.717, 1.165) is 5.52 Å². The number of alkyl halides is 3. The summed E-state index contributed by atoms with van der Waals surface area (Å²) in [5.41, 5.74) is -4.61. The molecular formula is C28H21F3NO3PS. The largest absolute Gasteiger partial charge is 0.741 e. The minimum Gasteiger partial charge on any atom is -0.741 e. The van der Waals surface area contributed by atoms with Crippen LogP contribution in [0.3, 0.4) is 0 Å². The highest BCUT2D eigenvalue weighted by atomic mass is 32.2. The smallest absolute Gasteiger partial charge is 0.485 e. The molecular weight excluding hydrogens is 518 g/mol. The van der Waals surface area contributed by atoms with Gasteiger partial charge in [0, 0.05) is 17.6 Å². The van der Waals surface area contributed by atoms with Crippen molar-refractivity contribution in [1.29, 1.82) is 0 Å². The van der Waals surface area contributed by atoms with Crippen molar-refractivity contribution in [2.45, 2.75) is 5.51 Å². The van der Waals surface area contributed by atoms with Crippen LogP contribution in [0.4, 0.5) is 13.2 Å². The topological polar surface area (TPSA) is 70.1 Å². The van der Waals surface area contributed by atoms with Crippen molar-refractivity contribution in [3.63, 3.8) is 0 Å². The van der Waals surface area contributed by atoms with Crippen LogP contribution in [0.2, 0.25) is 0 Å². The van der Waals surface area contributed by atoms with Gasteiger partial charge in [-0.3, -0.25) is 4.98 Å². The van der Waals surface area contributed by atoms with Gasteiger partial charge in [0.05, 0.1) is 5.52 Å². The second-order valence-corrected chi connectivity index (χ2v) is 12.7. The number of nitrogens with zero attached hydrogens (tertiary/aromatic N) is 1. The third-order valence-electron chi connectivity index (χ3n) is 5.70. The van der Waals surface area contributed by atoms with Gasteiger partial charge in [-0.1, -0.05) is 66.7 Å². The third kappa shape index (κ3) is 5.42. The molecule has 0 spiro atoms. The van der Waals surface area contributed by atoms with Crippen LogP contribution in [0.1, 0.15) is 0 Å². The predicted octanol–water partition coefficient (Wildman–Crippen LogP) is 4.91. The number of fused-ring (bicyclic) bond motifs is 1. The molecule has 0 aliphatic rings. The average Bonchev–Trinajstić information content (AvgIpc) is 2.90. The molecule has 5 aromatic rings. The van der Waals surface area contributed by atoms with Crippen LogP contribution in [-0.2, 0) is 10.1 Å². The van der Waals surface area contributed by atoms with Gasteiger partial charge in [-0.15, -0.1) is 0 Å². The highest BCUT2D eigenvalue weighted by Crippen LogP contribution is 2.55. The Kier molecular flexibility index (Phi) is 7.73. The van der Waals surface area contributed by atoms with E-state index in [4.69, 9.17) is 13.0 Å². The second kappa shape index (κ2) is 10.8. The van der Waals surface area contributed by atoms with E-state index >= 15 is 0 Å². The number of hydrogen-bond acceptors (Lipinski definition) is 4. The van der Waals surface area contributed by atoms with Gasteiger partial charge in [0.1, 0.15) is 28.5 Å². The number of para-hydroxylation sites is 1. The third-order valence-corrected chi connectivity index (χ3v) is 10.6. The Morgan fingerprint density at radius 3 is 1.41 bits per heavy atom. The molecule has 0 amide bonds. The number of aromatic nitrogens is 1. The summed E-state index contributed by atoms with van der Waals surface area (Å²) in [7, 11) is -8.18. The summed E-state index contributed by atoms with van der Waals surface area (Å²) in [4.78, 5) is 4.65. The molecule has 9 heteroatoms. The maximum absolute atomic E-state index is 10.7. The minimum absolute atomic E-state index is 1.04. The van der Waals surface area contributed by atoms with Crippen LogP contribution >= 0.6 is 7.26 Å². The summed E-state index contributed by atoms with van der Waals surface area (Å²) in [5, 5.41) is 6.64. The Bertz CT molecular complexity index is 1480. The number of benzene rings is 4. The lowest BCUT2D eigenvalue weighted by molar-refractivity contribution is -0.0517. The Morgan fingerprint density at radius 1 is 0.622 bits per heavy atom. The van der Waals surface area contributed by atoms with Crippen molar-refractivity contribution in [2.75, 3.05) is 0 Å². The molecule has 0 bridgehead atoms. The number of hydrogen-bond donors (Lipinski definition) is 0. The van der Waals surface area contributed by atoms with E-state index < -0.39 is 22.9 Å². The molecule has 5 rings (SSSR count). The van der Waals surface area contributed by atoms with Gasteiger partial charge in [-0.05, 0) is 48.5 Å². The van der Waals surface area contributed by atoms with Crippen molar-refractivity contribution in [1.82, 2.24) is 4.98 Å². The molecule has 4 nitrogen and oxygen atoms in total. The fourth-order valence-corrected chi connectivity index (χ4v) is 8.62. The first-order chi connectivity index (χ1) is 17.7. The molecule has 188 valence electrons. The summed E-state index contributed by atoms with van der Waals surface area (Å²) in [6, 6.07) is 43.6. The second-order valence-electron chi connectivity index (χ2n) is 7.92. The normalized spacial score (nSPS) is 12.0. The summed E-state index contributed by atoms with van der Waals surface area (Å²) >= 11 is 0. The van der Waals surface area contributed by atoms with Crippen LogP contribution in [-0.4, -0.2) is 23.5 Å². The Balaban J connectivity index is 0.000000349. The first kappa shape index (κ1) is 26.5. The average molecular weight is 540 g/mol. The molecule has 0 aliphatic carbocycles. The molecule has 0 N–H and O–H groups in total. The molecule has 0 fully saturated rings. The zero-order chi connectivity index (χ0) is 26.5. The zero-order valence-corrected chi connectivity index (χ0v) is 21.0. The molecule has 0 atom stereocenters. The monoisotopic (exact) mass is 539 g/mol. The minimum atomic E-state index is -6.09. The van der Waals surface area contributed by atoms with Gasteiger partial charge in [0.15, 0.2) is 10.1 Å². The van der Waals surface area contributed by atoms with Crippen molar-refractivity contribution < 1.29 is 26.1 Å². The molecule has 1 heterocycles. The van der Waals surface area contributed by atoms with Gasteiger partial charge >= 0.3 is 5.51 Å². The standard InChI is InChI=1S/C27H21NP.CHF3O3S/c1-4-12-22(13-5-1)29(23-14-6-2-7-15-23,24-16-8-3-9-17-24)27-20-21-28-26-19-11-10-18-25(26)27;2-1(3,4)8(5,6)7/h1-21H;(H,5,6,7)/q+1;/p-1. The fourth-order valence-electron chi connectivity index (χ4n) is 4.19. The lowest BCUT2D eigenvalue weighted by Crippen LogP contribution is -2.39. The summed E-state index contributed by atoms with van der Waals surface area (Å²) in [6.07, 6.45) is 1.96. The van der Waals surface area contributed by atoms with Gasteiger partial charge in [-0.2, -0.15) is 13.2 Å². The summed E-state index contributed by atoms with van der Waals surface area (Å²) in [5.74, 6) is 0. The lowest BCUT2D eigenvalue weighted by atomic mass is 10.2. The van der Waals surface area contributed by atoms with Gasteiger partial charge in [0.25, 0.3) is 0 Å². The molecule has 0 saturated heterocycles. The van der Waals surface area contributed by atoms with E-state index in [1.807, 2.05) is 6.20 Å². The van der Waals surface area contributed by atoms with Crippen molar-refractivity contribution in [2.24, 2.45) is 0 Å². The fraction of sp³-hybridized carbons (Fsp3) is 0.0357. The number of pyridine rings is 1. The van der Waals surface area contributed by atoms with E-state index in [9.17, 15) is 13.2 Å². The molecule has 0 saturated carbocycles. The van der Waals surface area contributed by atoms with Crippen LogP contribution in [0.5, 0.6) is 0 Å². The Labute approximate surface area is 213 Å². The van der Waals surface area contributed by atoms with E-state index in [-0.39, 0.29) is 0 Å². The summed E-state index contributed by atoms with van der Waals surface area (Å²) < 4.78 is 58.9. The Hall–Kier alpha value is -3.58. The van der Waals surface area contributed by atoms with Crippen LogP contribution < -0.4 is 21.2 Å². The van der Waals surface area contributed by atoms with Gasteiger partial charge < -0.3 is 4.55 Å². The first-order valence-corrected chi connectivity index (χ1v) is 14.3. The van der Waals surface area contributed by atoms with E-state index in [1.165, 1.54) is 26.6 Å². The Morgan fingerprint density at radius 2 is 1.00 bits per heavy atom. The van der Waals surface area contributed by atoms with Gasteiger partial charge in [-0.25, -0.2) is 8.42 Å². The zero-order valence-electron chi connectivity index (χ0n) is 19.3. The molecule has 0 aliphatic heterocycles. The number of halogens is 3. The first-order valence-electron chi connectivity index (χ1n) is 11.1. The van der Waals surface area contributed by atoms with E-state index in [0.29, 0.717) is 0 Å². The molecule has 0 unspecified atom stereocenters. The van der Waals surface area contributed by atoms with Gasteiger partial charge in [0.2, 0.25) is 0 Å². The lowest BCUT2D eigenvalue weighted by Gasteiger charge is -2.28. The van der Waals surface area contributed by atoms with E-state index in [2.05, 4.69) is 126 Å². The quantitative estimate of drug-likeness (QED) is 0.185. The van der Waals surface area contributed by atoms with Crippen molar-refractivity contribution >= 4 is 49.5 Å². The molecule has 0 radical (unpaired) electrons. The van der Waals surface area contributed by atoms with Crippen LogP contribution in [0.25, 0.3) is 10.9 Å². The maximum atomic E-state index is 10.7. The van der Waals surface area contributed by atoms with E-state index in [1.54, 1.807) is 0 Å². The van der Waals surface area contributed by atoms with Crippen molar-refractivity contribution in [3.05, 3.63) is 128 Å². The highest BCUT2D eigenvalue weighted by Gasteiger charge is 2.48. The molecule has 1 aromatic heterocycles. The molecule has 37 heavy (non-hydrogen) atoms. The molecule has 4 aromatic carbocycles. The number of rotatable bonds is 4. The maximum Gasteiger partial charge on any atom is 0.485 e.